The third-order valence-electron chi connectivity index (χ3n) is 2.89. The van der Waals surface area contributed by atoms with Gasteiger partial charge in [-0.3, -0.25) is 0 Å². The number of hydrogen-bond acceptors (Lipinski definition) is 3. The first-order valence-electron chi connectivity index (χ1n) is 6.58. The van der Waals surface area contributed by atoms with Gasteiger partial charge in [0.2, 0.25) is 0 Å². The first kappa shape index (κ1) is 17.3. The lowest BCUT2D eigenvalue weighted by atomic mass is 10.2. The molecule has 2 amide bonds. The molecular formula is C14H19ClN2O4. The first-order chi connectivity index (χ1) is 9.86. The Kier molecular flexibility index (Phi) is 6.45. The van der Waals surface area contributed by atoms with Crippen molar-refractivity contribution in [3.05, 3.63) is 28.8 Å². The predicted octanol–water partition coefficient (Wildman–Crippen LogP) is 2.66. The van der Waals surface area contributed by atoms with Gasteiger partial charge in [0.05, 0.1) is 10.6 Å². The summed E-state index contributed by atoms with van der Waals surface area (Å²) in [7, 11) is 0. The summed E-state index contributed by atoms with van der Waals surface area (Å²) in [4.78, 5) is 24.6. The standard InChI is InChI=1S/C14H19ClN2O4/c1-9(2)17(6-3-7-18)14(21)16-10-4-5-11(13(19)20)12(15)8-10/h4-5,8-9,18H,3,6-7H2,1-2H3,(H,16,21)(H,19,20). The van der Waals surface area contributed by atoms with Crippen LogP contribution in [0.5, 0.6) is 0 Å². The zero-order valence-corrected chi connectivity index (χ0v) is 12.7. The Balaban J connectivity index is 2.81. The molecule has 1 aromatic carbocycles. The molecule has 21 heavy (non-hydrogen) atoms. The Morgan fingerprint density at radius 3 is 2.52 bits per heavy atom. The van der Waals surface area contributed by atoms with Crippen molar-refractivity contribution in [3.63, 3.8) is 0 Å². The molecule has 0 saturated heterocycles. The average molecular weight is 315 g/mol. The lowest BCUT2D eigenvalue weighted by Crippen LogP contribution is -2.41. The highest BCUT2D eigenvalue weighted by Gasteiger charge is 2.17. The first-order valence-corrected chi connectivity index (χ1v) is 6.96. The third-order valence-corrected chi connectivity index (χ3v) is 3.20. The summed E-state index contributed by atoms with van der Waals surface area (Å²) in [6.07, 6.45) is 0.490. The van der Waals surface area contributed by atoms with Gasteiger partial charge in [0, 0.05) is 24.9 Å². The molecule has 7 heteroatoms. The van der Waals surface area contributed by atoms with Crippen LogP contribution in [0.3, 0.4) is 0 Å². The Morgan fingerprint density at radius 1 is 1.38 bits per heavy atom. The molecule has 0 unspecified atom stereocenters. The second kappa shape index (κ2) is 7.85. The number of aromatic carboxylic acids is 1. The highest BCUT2D eigenvalue weighted by molar-refractivity contribution is 6.33. The summed E-state index contributed by atoms with van der Waals surface area (Å²) in [5.41, 5.74) is 0.403. The van der Waals surface area contributed by atoms with Crippen molar-refractivity contribution < 1.29 is 19.8 Å². The molecule has 0 aliphatic rings. The zero-order chi connectivity index (χ0) is 16.0. The molecule has 0 aliphatic heterocycles. The van der Waals surface area contributed by atoms with E-state index in [-0.39, 0.29) is 29.3 Å². The summed E-state index contributed by atoms with van der Waals surface area (Å²) >= 11 is 5.85. The minimum atomic E-state index is -1.12. The Hall–Kier alpha value is -1.79. The lowest BCUT2D eigenvalue weighted by molar-refractivity contribution is 0.0697. The van der Waals surface area contributed by atoms with Crippen LogP contribution in [0.4, 0.5) is 10.5 Å². The molecule has 116 valence electrons. The Morgan fingerprint density at radius 2 is 2.05 bits per heavy atom. The molecule has 1 rings (SSSR count). The molecule has 0 spiro atoms. The number of nitrogens with one attached hydrogen (secondary N) is 1. The van der Waals surface area contributed by atoms with E-state index in [0.717, 1.165) is 0 Å². The van der Waals surface area contributed by atoms with Crippen molar-refractivity contribution in [1.82, 2.24) is 4.90 Å². The Bertz CT molecular complexity index is 520. The van der Waals surface area contributed by atoms with Crippen molar-refractivity contribution >= 4 is 29.3 Å². The second-order valence-electron chi connectivity index (χ2n) is 4.79. The number of amides is 2. The van der Waals surface area contributed by atoms with Crippen LogP contribution in [0, 0.1) is 0 Å². The number of aliphatic hydroxyl groups excluding tert-OH is 1. The van der Waals surface area contributed by atoms with E-state index in [1.165, 1.54) is 18.2 Å². The van der Waals surface area contributed by atoms with Crippen molar-refractivity contribution in [3.8, 4) is 0 Å². The molecule has 0 aliphatic carbocycles. The maximum atomic E-state index is 12.2. The molecule has 0 bridgehead atoms. The van der Waals surface area contributed by atoms with Gasteiger partial charge >= 0.3 is 12.0 Å². The maximum absolute atomic E-state index is 12.2. The highest BCUT2D eigenvalue weighted by atomic mass is 35.5. The molecular weight excluding hydrogens is 296 g/mol. The molecule has 0 atom stereocenters. The molecule has 3 N–H and O–H groups in total. The summed E-state index contributed by atoms with van der Waals surface area (Å²) in [6.45, 7) is 4.19. The summed E-state index contributed by atoms with van der Waals surface area (Å²) in [5.74, 6) is -1.12. The number of carbonyl (C=O) groups excluding carboxylic acids is 1. The molecule has 6 nitrogen and oxygen atoms in total. The topological polar surface area (TPSA) is 89.9 Å². The van der Waals surface area contributed by atoms with Gasteiger partial charge < -0.3 is 20.4 Å². The van der Waals surface area contributed by atoms with Gasteiger partial charge in [-0.1, -0.05) is 11.6 Å². The van der Waals surface area contributed by atoms with E-state index in [0.29, 0.717) is 18.7 Å². The number of benzene rings is 1. The SMILES string of the molecule is CC(C)N(CCCO)C(=O)Nc1ccc(C(=O)O)c(Cl)c1. The highest BCUT2D eigenvalue weighted by Crippen LogP contribution is 2.21. The number of aliphatic hydroxyl groups is 1. The fraction of sp³-hybridized carbons (Fsp3) is 0.429. The fourth-order valence-electron chi connectivity index (χ4n) is 1.80. The monoisotopic (exact) mass is 314 g/mol. The Labute approximate surface area is 128 Å². The normalized spacial score (nSPS) is 10.5. The van der Waals surface area contributed by atoms with Gasteiger partial charge in [-0.15, -0.1) is 0 Å². The van der Waals surface area contributed by atoms with Gasteiger partial charge in [0.25, 0.3) is 0 Å². The van der Waals surface area contributed by atoms with Gasteiger partial charge in [0.15, 0.2) is 0 Å². The number of rotatable bonds is 6. The quantitative estimate of drug-likeness (QED) is 0.753. The molecule has 0 fully saturated rings. The van der Waals surface area contributed by atoms with Crippen molar-refractivity contribution in [2.75, 3.05) is 18.5 Å². The number of halogens is 1. The molecule has 0 radical (unpaired) electrons. The average Bonchev–Trinajstić information content (AvgIpc) is 2.38. The lowest BCUT2D eigenvalue weighted by Gasteiger charge is -2.26. The van der Waals surface area contributed by atoms with Crippen LogP contribution < -0.4 is 5.32 Å². The number of carboxylic acids is 1. The number of nitrogens with zero attached hydrogens (tertiary/aromatic N) is 1. The van der Waals surface area contributed by atoms with Crippen LogP contribution in [-0.2, 0) is 0 Å². The maximum Gasteiger partial charge on any atom is 0.337 e. The number of anilines is 1. The van der Waals surface area contributed by atoms with Crippen LogP contribution >= 0.6 is 11.6 Å². The van der Waals surface area contributed by atoms with Crippen molar-refractivity contribution in [1.29, 1.82) is 0 Å². The van der Waals surface area contributed by atoms with E-state index in [2.05, 4.69) is 5.32 Å². The molecule has 0 aromatic heterocycles. The van der Waals surface area contributed by atoms with Crippen LogP contribution in [0.2, 0.25) is 5.02 Å². The van der Waals surface area contributed by atoms with E-state index >= 15 is 0 Å². The van der Waals surface area contributed by atoms with Crippen LogP contribution in [0.15, 0.2) is 18.2 Å². The van der Waals surface area contributed by atoms with E-state index < -0.39 is 5.97 Å². The van der Waals surface area contributed by atoms with Crippen LogP contribution in [0.1, 0.15) is 30.6 Å². The van der Waals surface area contributed by atoms with E-state index in [1.54, 1.807) is 4.90 Å². The number of hydrogen-bond donors (Lipinski definition) is 3. The minimum Gasteiger partial charge on any atom is -0.478 e. The summed E-state index contributed by atoms with van der Waals surface area (Å²) < 4.78 is 0. The van der Waals surface area contributed by atoms with Gasteiger partial charge in [-0.05, 0) is 38.5 Å². The van der Waals surface area contributed by atoms with E-state index in [1.807, 2.05) is 13.8 Å². The molecule has 0 saturated carbocycles. The number of carboxylic acid groups (broad SMARTS) is 1. The molecule has 0 heterocycles. The predicted molar refractivity (Wildman–Crippen MR) is 81.0 cm³/mol. The zero-order valence-electron chi connectivity index (χ0n) is 12.0. The van der Waals surface area contributed by atoms with Crippen LogP contribution in [0.25, 0.3) is 0 Å². The largest absolute Gasteiger partial charge is 0.478 e. The van der Waals surface area contributed by atoms with Gasteiger partial charge in [0.1, 0.15) is 0 Å². The fourth-order valence-corrected chi connectivity index (χ4v) is 2.06. The summed E-state index contributed by atoms with van der Waals surface area (Å²) in [5, 5.41) is 20.5. The second-order valence-corrected chi connectivity index (χ2v) is 5.20. The smallest absolute Gasteiger partial charge is 0.337 e. The number of carbonyl (C=O) groups is 2. The number of urea groups is 1. The third kappa shape index (κ3) is 4.91. The van der Waals surface area contributed by atoms with Crippen LogP contribution in [-0.4, -0.2) is 46.3 Å². The molecule has 1 aromatic rings. The van der Waals surface area contributed by atoms with E-state index in [9.17, 15) is 9.59 Å². The van der Waals surface area contributed by atoms with Crippen molar-refractivity contribution in [2.45, 2.75) is 26.3 Å². The minimum absolute atomic E-state index is 0.00956. The van der Waals surface area contributed by atoms with E-state index in [4.69, 9.17) is 21.8 Å². The van der Waals surface area contributed by atoms with Gasteiger partial charge in [-0.2, -0.15) is 0 Å². The van der Waals surface area contributed by atoms with Gasteiger partial charge in [-0.25, -0.2) is 9.59 Å². The van der Waals surface area contributed by atoms with Crippen molar-refractivity contribution in [2.24, 2.45) is 0 Å². The summed E-state index contributed by atoms with van der Waals surface area (Å²) in [6, 6.07) is 3.88.